The van der Waals surface area contributed by atoms with Gasteiger partial charge in [-0.1, -0.05) is 98.1 Å². The zero-order valence-corrected chi connectivity index (χ0v) is 23.0. The summed E-state index contributed by atoms with van der Waals surface area (Å²) >= 11 is 0. The van der Waals surface area contributed by atoms with Gasteiger partial charge in [-0.25, -0.2) is 4.68 Å². The van der Waals surface area contributed by atoms with Gasteiger partial charge in [0.05, 0.1) is 11.6 Å². The second-order valence-corrected chi connectivity index (χ2v) is 11.0. The van der Waals surface area contributed by atoms with Crippen LogP contribution in [0, 0.1) is 6.92 Å². The van der Waals surface area contributed by atoms with Crippen LogP contribution in [0.15, 0.2) is 89.7 Å². The lowest BCUT2D eigenvalue weighted by Crippen LogP contribution is -2.37. The van der Waals surface area contributed by atoms with Crippen molar-refractivity contribution in [2.24, 2.45) is 0 Å². The molecular formula is C33H36N6O. The van der Waals surface area contributed by atoms with Crippen molar-refractivity contribution < 1.29 is 0 Å². The average Bonchev–Trinajstić information content (AvgIpc) is 3.48. The molecule has 0 unspecified atom stereocenters. The molecule has 0 spiro atoms. The molecule has 1 fully saturated rings. The molecule has 1 atom stereocenters. The summed E-state index contributed by atoms with van der Waals surface area (Å²) in [6.07, 6.45) is 6.55. The summed E-state index contributed by atoms with van der Waals surface area (Å²) in [7, 11) is 0. The Morgan fingerprint density at radius 1 is 0.925 bits per heavy atom. The van der Waals surface area contributed by atoms with Crippen LogP contribution in [-0.4, -0.2) is 36.6 Å². The molecule has 1 aliphatic carbocycles. The highest BCUT2D eigenvalue weighted by molar-refractivity contribution is 5.82. The monoisotopic (exact) mass is 532 g/mol. The third-order valence-corrected chi connectivity index (χ3v) is 8.22. The maximum atomic E-state index is 13.9. The Morgan fingerprint density at radius 2 is 1.65 bits per heavy atom. The average molecular weight is 533 g/mol. The van der Waals surface area contributed by atoms with Crippen LogP contribution in [0.5, 0.6) is 0 Å². The number of benzene rings is 3. The van der Waals surface area contributed by atoms with Crippen LogP contribution in [0.3, 0.4) is 0 Å². The van der Waals surface area contributed by atoms with Gasteiger partial charge in [0.1, 0.15) is 6.04 Å². The molecule has 40 heavy (non-hydrogen) atoms. The minimum atomic E-state index is -0.408. The predicted octanol–water partition coefficient (Wildman–Crippen LogP) is 6.16. The van der Waals surface area contributed by atoms with Crippen LogP contribution in [0.25, 0.3) is 10.9 Å². The summed E-state index contributed by atoms with van der Waals surface area (Å²) in [6.45, 7) is 3.44. The Hall–Kier alpha value is -4.10. The zero-order chi connectivity index (χ0) is 27.3. The lowest BCUT2D eigenvalue weighted by Gasteiger charge is -2.33. The fraction of sp³-hybridized carbons (Fsp3) is 0.333. The van der Waals surface area contributed by atoms with Crippen LogP contribution in [-0.2, 0) is 13.0 Å². The quantitative estimate of drug-likeness (QED) is 0.246. The van der Waals surface area contributed by atoms with Crippen LogP contribution in [0.4, 0.5) is 0 Å². The van der Waals surface area contributed by atoms with Gasteiger partial charge in [0.15, 0.2) is 5.82 Å². The number of aromatic nitrogens is 5. The summed E-state index contributed by atoms with van der Waals surface area (Å²) in [5, 5.41) is 14.3. The Bertz CT molecular complexity index is 1600. The molecule has 0 aliphatic heterocycles. The van der Waals surface area contributed by atoms with Crippen LogP contribution in [0.1, 0.15) is 72.3 Å². The molecule has 0 saturated heterocycles. The standard InChI is InChI=1S/C33H36N6O/c1-24-12-11-17-27-22-29(33(40)34-30(24)27)31(32-35-36-37-39(32)28-18-9-4-10-19-28)38(23-26-15-7-3-8-16-26)21-20-25-13-5-2-6-14-25/h2-3,5-8,11-17,22,28,31H,4,9-10,18-21,23H2,1H3,(H,34,40)/t31-/m1/s1. The number of tetrazole rings is 1. The summed E-state index contributed by atoms with van der Waals surface area (Å²) in [5.74, 6) is 0.744. The van der Waals surface area contributed by atoms with Crippen molar-refractivity contribution in [1.29, 1.82) is 0 Å². The first-order valence-electron chi connectivity index (χ1n) is 14.4. The van der Waals surface area contributed by atoms with E-state index in [2.05, 4.69) is 80.0 Å². The van der Waals surface area contributed by atoms with Gasteiger partial charge in [0, 0.05) is 18.7 Å². The number of fused-ring (bicyclic) bond motifs is 1. The molecule has 3 aromatic carbocycles. The number of H-pyrrole nitrogens is 1. The van der Waals surface area contributed by atoms with Gasteiger partial charge in [-0.05, 0) is 64.8 Å². The lowest BCUT2D eigenvalue weighted by molar-refractivity contribution is 0.197. The Kier molecular flexibility index (Phi) is 7.82. The molecule has 7 nitrogen and oxygen atoms in total. The first kappa shape index (κ1) is 26.1. The molecule has 0 amide bonds. The van der Waals surface area contributed by atoms with Gasteiger partial charge in [-0.2, -0.15) is 0 Å². The third kappa shape index (κ3) is 5.61. The highest BCUT2D eigenvalue weighted by Crippen LogP contribution is 2.34. The Morgan fingerprint density at radius 3 is 2.40 bits per heavy atom. The normalized spacial score (nSPS) is 15.1. The SMILES string of the molecule is Cc1cccc2cc([C@H](c3nnnn3C3CCCCC3)N(CCc3ccccc3)Cc3ccccc3)c(=O)[nH]c12. The van der Waals surface area contributed by atoms with E-state index in [1.807, 2.05) is 41.9 Å². The molecule has 1 aliphatic rings. The number of aryl methyl sites for hydroxylation is 1. The maximum Gasteiger partial charge on any atom is 0.253 e. The molecule has 7 heteroatoms. The Labute approximate surface area is 234 Å². The number of nitrogens with one attached hydrogen (secondary N) is 1. The molecule has 2 aromatic heterocycles. The van der Waals surface area contributed by atoms with E-state index in [9.17, 15) is 4.79 Å². The third-order valence-electron chi connectivity index (χ3n) is 8.22. The van der Waals surface area contributed by atoms with Crippen LogP contribution < -0.4 is 5.56 Å². The van der Waals surface area contributed by atoms with Crippen molar-refractivity contribution >= 4 is 10.9 Å². The van der Waals surface area contributed by atoms with Crippen molar-refractivity contribution in [1.82, 2.24) is 30.1 Å². The maximum absolute atomic E-state index is 13.9. The Balaban J connectivity index is 1.49. The molecule has 0 radical (unpaired) electrons. The summed E-state index contributed by atoms with van der Waals surface area (Å²) in [5.41, 5.74) is 4.95. The summed E-state index contributed by atoms with van der Waals surface area (Å²) in [4.78, 5) is 19.5. The van der Waals surface area contributed by atoms with E-state index >= 15 is 0 Å². The van der Waals surface area contributed by atoms with E-state index in [1.165, 1.54) is 30.4 Å². The van der Waals surface area contributed by atoms with Crippen molar-refractivity contribution in [2.45, 2.75) is 64.1 Å². The fourth-order valence-electron chi connectivity index (χ4n) is 6.10. The number of nitrogens with zero attached hydrogens (tertiary/aromatic N) is 5. The number of pyridine rings is 1. The predicted molar refractivity (Wildman–Crippen MR) is 158 cm³/mol. The number of para-hydroxylation sites is 1. The van der Waals surface area contributed by atoms with Crippen LogP contribution >= 0.6 is 0 Å². The minimum absolute atomic E-state index is 0.0947. The van der Waals surface area contributed by atoms with E-state index in [0.717, 1.165) is 48.1 Å². The smallest absolute Gasteiger partial charge is 0.253 e. The van der Waals surface area contributed by atoms with Crippen molar-refractivity contribution in [3.05, 3.63) is 123 Å². The minimum Gasteiger partial charge on any atom is -0.321 e. The summed E-state index contributed by atoms with van der Waals surface area (Å²) in [6, 6.07) is 29.0. The first-order valence-corrected chi connectivity index (χ1v) is 14.4. The highest BCUT2D eigenvalue weighted by atomic mass is 16.1. The van der Waals surface area contributed by atoms with E-state index in [0.29, 0.717) is 12.1 Å². The van der Waals surface area contributed by atoms with Gasteiger partial charge in [-0.3, -0.25) is 9.69 Å². The van der Waals surface area contributed by atoms with Gasteiger partial charge in [-0.15, -0.1) is 5.10 Å². The van der Waals surface area contributed by atoms with E-state index in [1.54, 1.807) is 0 Å². The van der Waals surface area contributed by atoms with Crippen LogP contribution in [0.2, 0.25) is 0 Å². The molecule has 6 rings (SSSR count). The van der Waals surface area contributed by atoms with E-state index in [4.69, 9.17) is 0 Å². The second-order valence-electron chi connectivity index (χ2n) is 11.0. The number of aromatic amines is 1. The van der Waals surface area contributed by atoms with Gasteiger partial charge in [0.2, 0.25) is 0 Å². The highest BCUT2D eigenvalue weighted by Gasteiger charge is 2.33. The topological polar surface area (TPSA) is 79.7 Å². The molecule has 1 saturated carbocycles. The fourth-order valence-corrected chi connectivity index (χ4v) is 6.10. The van der Waals surface area contributed by atoms with Gasteiger partial charge in [0.25, 0.3) is 5.56 Å². The van der Waals surface area contributed by atoms with E-state index in [-0.39, 0.29) is 11.6 Å². The first-order chi connectivity index (χ1) is 19.7. The molecule has 2 heterocycles. The van der Waals surface area contributed by atoms with Gasteiger partial charge >= 0.3 is 0 Å². The number of rotatable bonds is 9. The molecular weight excluding hydrogens is 496 g/mol. The summed E-state index contributed by atoms with van der Waals surface area (Å²) < 4.78 is 2.02. The van der Waals surface area contributed by atoms with Crippen molar-refractivity contribution in [3.8, 4) is 0 Å². The van der Waals surface area contributed by atoms with E-state index < -0.39 is 6.04 Å². The number of hydrogen-bond acceptors (Lipinski definition) is 5. The number of hydrogen-bond donors (Lipinski definition) is 1. The van der Waals surface area contributed by atoms with Crippen molar-refractivity contribution in [2.75, 3.05) is 6.54 Å². The van der Waals surface area contributed by atoms with Crippen molar-refractivity contribution in [3.63, 3.8) is 0 Å². The molecule has 204 valence electrons. The zero-order valence-electron chi connectivity index (χ0n) is 23.0. The largest absolute Gasteiger partial charge is 0.321 e. The molecule has 5 aromatic rings. The lowest BCUT2D eigenvalue weighted by atomic mass is 9.94. The molecule has 1 N–H and O–H groups in total. The molecule has 0 bridgehead atoms. The second kappa shape index (κ2) is 12.0. The van der Waals surface area contributed by atoms with Gasteiger partial charge < -0.3 is 4.98 Å².